The molecule has 0 aliphatic rings. The highest BCUT2D eigenvalue weighted by Crippen LogP contribution is 2.29. The van der Waals surface area contributed by atoms with Gasteiger partial charge in [-0.2, -0.15) is 0 Å². The van der Waals surface area contributed by atoms with E-state index < -0.39 is 0 Å². The molecule has 0 atom stereocenters. The lowest BCUT2D eigenvalue weighted by molar-refractivity contribution is 0.103. The first-order valence-electron chi connectivity index (χ1n) is 11.7. The fraction of sp³-hybridized carbons (Fsp3) is 0.258. The maximum Gasteiger partial charge on any atom is 0.193 e. The molecule has 0 aliphatic heterocycles. The molecule has 0 fully saturated rings. The standard InChI is InChI=1S/C31H32N2O/c1-30(2,3)25-13-15-32-27(19-25)21-9-7-11-23(17-21)29(34)24-12-8-10-22(18-24)28-20-26(14-16-33-28)31(4,5)6/h7-20H,1-6H3. The molecule has 0 radical (unpaired) electrons. The van der Waals surface area contributed by atoms with Crippen LogP contribution in [0.25, 0.3) is 22.5 Å². The van der Waals surface area contributed by atoms with Gasteiger partial charge >= 0.3 is 0 Å². The van der Waals surface area contributed by atoms with Gasteiger partial charge in [-0.15, -0.1) is 0 Å². The Morgan fingerprint density at radius 2 is 1.00 bits per heavy atom. The summed E-state index contributed by atoms with van der Waals surface area (Å²) in [7, 11) is 0. The van der Waals surface area contributed by atoms with Crippen molar-refractivity contribution in [3.05, 3.63) is 107 Å². The first-order valence-corrected chi connectivity index (χ1v) is 11.7. The zero-order valence-electron chi connectivity index (χ0n) is 20.9. The summed E-state index contributed by atoms with van der Waals surface area (Å²) >= 11 is 0. The first kappa shape index (κ1) is 23.6. The van der Waals surface area contributed by atoms with Crippen LogP contribution < -0.4 is 0 Å². The second-order valence-electron chi connectivity index (χ2n) is 10.9. The van der Waals surface area contributed by atoms with Gasteiger partial charge in [0.05, 0.1) is 11.4 Å². The van der Waals surface area contributed by atoms with Gasteiger partial charge in [0.1, 0.15) is 0 Å². The van der Waals surface area contributed by atoms with Gasteiger partial charge in [0.15, 0.2) is 5.78 Å². The molecule has 4 aromatic rings. The monoisotopic (exact) mass is 448 g/mol. The highest BCUT2D eigenvalue weighted by atomic mass is 16.1. The Bertz CT molecular complexity index is 1240. The second-order valence-corrected chi connectivity index (χ2v) is 10.9. The van der Waals surface area contributed by atoms with E-state index in [0.717, 1.165) is 22.5 Å². The lowest BCUT2D eigenvalue weighted by Gasteiger charge is -2.19. The Labute approximate surface area is 202 Å². The van der Waals surface area contributed by atoms with Crippen LogP contribution in [0.5, 0.6) is 0 Å². The highest BCUT2D eigenvalue weighted by molar-refractivity contribution is 6.10. The Morgan fingerprint density at radius 3 is 1.38 bits per heavy atom. The summed E-state index contributed by atoms with van der Waals surface area (Å²) in [4.78, 5) is 22.5. The van der Waals surface area contributed by atoms with Crippen molar-refractivity contribution in [1.82, 2.24) is 9.97 Å². The molecule has 0 unspecified atom stereocenters. The fourth-order valence-corrected chi connectivity index (χ4v) is 3.92. The molecule has 0 saturated heterocycles. The fourth-order valence-electron chi connectivity index (χ4n) is 3.92. The number of benzene rings is 2. The quantitative estimate of drug-likeness (QED) is 0.301. The van der Waals surface area contributed by atoms with E-state index >= 15 is 0 Å². The topological polar surface area (TPSA) is 42.9 Å². The van der Waals surface area contributed by atoms with Gasteiger partial charge in [-0.25, -0.2) is 0 Å². The van der Waals surface area contributed by atoms with Crippen molar-refractivity contribution in [1.29, 1.82) is 0 Å². The van der Waals surface area contributed by atoms with E-state index in [-0.39, 0.29) is 16.6 Å². The number of rotatable bonds is 4. The lowest BCUT2D eigenvalue weighted by Crippen LogP contribution is -2.11. The number of aromatic nitrogens is 2. The molecular formula is C31H32N2O. The molecule has 2 aromatic carbocycles. The molecule has 0 amide bonds. The van der Waals surface area contributed by atoms with E-state index in [1.165, 1.54) is 11.1 Å². The summed E-state index contributed by atoms with van der Waals surface area (Å²) in [5, 5.41) is 0. The van der Waals surface area contributed by atoms with Crippen LogP contribution in [0.4, 0.5) is 0 Å². The minimum atomic E-state index is -0.0114. The maximum atomic E-state index is 13.4. The van der Waals surface area contributed by atoms with Crippen molar-refractivity contribution in [2.45, 2.75) is 52.4 Å². The number of ketones is 1. The van der Waals surface area contributed by atoms with Gasteiger partial charge in [-0.05, 0) is 58.4 Å². The van der Waals surface area contributed by atoms with Crippen LogP contribution >= 0.6 is 0 Å². The Balaban J connectivity index is 1.67. The summed E-state index contributed by atoms with van der Waals surface area (Å²) in [6, 6.07) is 23.8. The number of carbonyl (C=O) groups is 1. The average Bonchev–Trinajstić information content (AvgIpc) is 2.83. The van der Waals surface area contributed by atoms with Crippen molar-refractivity contribution in [3.8, 4) is 22.5 Å². The molecule has 2 heterocycles. The van der Waals surface area contributed by atoms with Gasteiger partial charge in [0.25, 0.3) is 0 Å². The normalized spacial score (nSPS) is 11.9. The van der Waals surface area contributed by atoms with Crippen molar-refractivity contribution in [2.75, 3.05) is 0 Å². The van der Waals surface area contributed by atoms with Gasteiger partial charge < -0.3 is 0 Å². The van der Waals surface area contributed by atoms with Crippen molar-refractivity contribution in [3.63, 3.8) is 0 Å². The lowest BCUT2D eigenvalue weighted by atomic mass is 9.86. The van der Waals surface area contributed by atoms with Crippen LogP contribution in [0.2, 0.25) is 0 Å². The summed E-state index contributed by atoms with van der Waals surface area (Å²) in [5.41, 5.74) is 7.41. The zero-order chi connectivity index (χ0) is 24.5. The molecule has 0 N–H and O–H groups in total. The molecule has 3 nitrogen and oxygen atoms in total. The van der Waals surface area contributed by atoms with Crippen molar-refractivity contribution >= 4 is 5.78 Å². The highest BCUT2D eigenvalue weighted by Gasteiger charge is 2.17. The Hall–Kier alpha value is -3.59. The van der Waals surface area contributed by atoms with E-state index in [0.29, 0.717) is 11.1 Å². The van der Waals surface area contributed by atoms with E-state index in [1.54, 1.807) is 0 Å². The molecular weight excluding hydrogens is 416 g/mol. The molecule has 4 rings (SSSR count). The molecule has 3 heteroatoms. The van der Waals surface area contributed by atoms with E-state index in [4.69, 9.17) is 0 Å². The van der Waals surface area contributed by atoms with Crippen LogP contribution in [0, 0.1) is 0 Å². The third kappa shape index (κ3) is 5.14. The van der Waals surface area contributed by atoms with Gasteiger partial charge in [0, 0.05) is 34.6 Å². The smallest absolute Gasteiger partial charge is 0.193 e. The molecule has 0 spiro atoms. The second kappa shape index (κ2) is 8.98. The number of carbonyl (C=O) groups excluding carboxylic acids is 1. The molecule has 2 aromatic heterocycles. The zero-order valence-corrected chi connectivity index (χ0v) is 20.9. The van der Waals surface area contributed by atoms with Crippen LogP contribution in [0.1, 0.15) is 68.6 Å². The number of pyridine rings is 2. The van der Waals surface area contributed by atoms with Crippen molar-refractivity contribution < 1.29 is 4.79 Å². The van der Waals surface area contributed by atoms with Crippen LogP contribution in [0.15, 0.2) is 85.2 Å². The van der Waals surface area contributed by atoms with Gasteiger partial charge in [0.2, 0.25) is 0 Å². The SMILES string of the molecule is CC(C)(C)c1ccnc(-c2cccc(C(=O)c3cccc(-c4cc(C(C)(C)C)ccn4)c3)c2)c1. The summed E-state index contributed by atoms with van der Waals surface area (Å²) in [5.74, 6) is -0.0114. The first-order chi connectivity index (χ1) is 16.0. The van der Waals surface area contributed by atoms with Crippen LogP contribution in [-0.2, 0) is 10.8 Å². The third-order valence-corrected chi connectivity index (χ3v) is 6.09. The minimum Gasteiger partial charge on any atom is -0.289 e. The summed E-state index contributed by atoms with van der Waals surface area (Å²) in [6.07, 6.45) is 3.68. The van der Waals surface area contributed by atoms with E-state index in [1.807, 2.05) is 73.1 Å². The van der Waals surface area contributed by atoms with Gasteiger partial charge in [-0.3, -0.25) is 14.8 Å². The largest absolute Gasteiger partial charge is 0.289 e. The van der Waals surface area contributed by atoms with Gasteiger partial charge in [-0.1, -0.05) is 77.9 Å². The van der Waals surface area contributed by atoms with E-state index in [2.05, 4.69) is 63.6 Å². The maximum absolute atomic E-state index is 13.4. The van der Waals surface area contributed by atoms with Crippen LogP contribution in [-0.4, -0.2) is 15.8 Å². The minimum absolute atomic E-state index is 0.0114. The molecule has 0 bridgehead atoms. The number of hydrogen-bond donors (Lipinski definition) is 0. The predicted molar refractivity (Wildman–Crippen MR) is 140 cm³/mol. The Kier molecular flexibility index (Phi) is 6.22. The molecule has 34 heavy (non-hydrogen) atoms. The number of nitrogens with zero attached hydrogens (tertiary/aromatic N) is 2. The van der Waals surface area contributed by atoms with Crippen molar-refractivity contribution in [2.24, 2.45) is 0 Å². The van der Waals surface area contributed by atoms with Crippen LogP contribution in [0.3, 0.4) is 0 Å². The summed E-state index contributed by atoms with van der Waals surface area (Å²) in [6.45, 7) is 13.1. The molecule has 172 valence electrons. The average molecular weight is 449 g/mol. The Morgan fingerprint density at radius 1 is 0.588 bits per heavy atom. The predicted octanol–water partition coefficient (Wildman–Crippen LogP) is 7.64. The number of hydrogen-bond acceptors (Lipinski definition) is 3. The van der Waals surface area contributed by atoms with E-state index in [9.17, 15) is 4.79 Å². The third-order valence-electron chi connectivity index (χ3n) is 6.09. The molecule has 0 aliphatic carbocycles. The summed E-state index contributed by atoms with van der Waals surface area (Å²) < 4.78 is 0. The molecule has 0 saturated carbocycles.